The highest BCUT2D eigenvalue weighted by Gasteiger charge is 2.27. The molecule has 0 radical (unpaired) electrons. The van der Waals surface area contributed by atoms with Crippen LogP contribution in [-0.2, 0) is 22.4 Å². The number of esters is 1. The van der Waals surface area contributed by atoms with Crippen LogP contribution >= 0.6 is 0 Å². The monoisotopic (exact) mass is 304 g/mol. The Balaban J connectivity index is 1.71. The Morgan fingerprint density at radius 2 is 1.95 bits per heavy atom. The summed E-state index contributed by atoms with van der Waals surface area (Å²) in [6.07, 6.45) is 3.78. The average molecular weight is 304 g/mol. The van der Waals surface area contributed by atoms with E-state index in [4.69, 9.17) is 4.74 Å². The Hall–Kier alpha value is -2.11. The van der Waals surface area contributed by atoms with E-state index in [1.807, 2.05) is 0 Å². The van der Waals surface area contributed by atoms with E-state index in [-0.39, 0.29) is 11.5 Å². The largest absolute Gasteiger partial charge is 0.449 e. The van der Waals surface area contributed by atoms with Crippen LogP contribution in [-0.4, -0.2) is 41.0 Å². The Bertz CT molecular complexity index is 659. The number of pyridine rings is 1. The summed E-state index contributed by atoms with van der Waals surface area (Å²) in [5.41, 5.74) is 1.45. The fraction of sp³-hybridized carbons (Fsp3) is 0.562. The molecule has 0 unspecified atom stereocenters. The number of ether oxygens (including phenoxy) is 1. The molecule has 0 bridgehead atoms. The minimum atomic E-state index is -0.863. The van der Waals surface area contributed by atoms with Crippen LogP contribution in [0.4, 0.5) is 0 Å². The van der Waals surface area contributed by atoms with Crippen molar-refractivity contribution in [3.63, 3.8) is 0 Å². The minimum Gasteiger partial charge on any atom is -0.449 e. The highest BCUT2D eigenvalue weighted by Crippen LogP contribution is 2.19. The average Bonchev–Trinajstić information content (AvgIpc) is 3.16. The Labute approximate surface area is 128 Å². The number of amides is 1. The van der Waals surface area contributed by atoms with Crippen LogP contribution in [0.2, 0.25) is 0 Å². The zero-order chi connectivity index (χ0) is 15.7. The van der Waals surface area contributed by atoms with E-state index >= 15 is 0 Å². The van der Waals surface area contributed by atoms with Crippen molar-refractivity contribution in [3.05, 3.63) is 33.2 Å². The zero-order valence-corrected chi connectivity index (χ0v) is 12.7. The van der Waals surface area contributed by atoms with Gasteiger partial charge in [0.25, 0.3) is 11.5 Å². The summed E-state index contributed by atoms with van der Waals surface area (Å²) in [6, 6.07) is 1.61. The number of H-pyrrole nitrogens is 1. The van der Waals surface area contributed by atoms with E-state index in [0.29, 0.717) is 13.1 Å². The number of carbonyl (C=O) groups excluding carboxylic acids is 2. The molecule has 1 aliphatic heterocycles. The summed E-state index contributed by atoms with van der Waals surface area (Å²) in [5.74, 6) is -0.917. The number of nitrogens with zero attached hydrogens (tertiary/aromatic N) is 1. The lowest BCUT2D eigenvalue weighted by Crippen LogP contribution is -2.38. The minimum absolute atomic E-state index is 0.0123. The zero-order valence-electron chi connectivity index (χ0n) is 12.7. The molecule has 1 aromatic rings. The number of fused-ring (bicyclic) bond motifs is 1. The maximum atomic E-state index is 12.2. The maximum absolute atomic E-state index is 12.2. The molecule has 1 saturated heterocycles. The summed E-state index contributed by atoms with van der Waals surface area (Å²) < 4.78 is 5.20. The van der Waals surface area contributed by atoms with Crippen molar-refractivity contribution in [2.45, 2.75) is 45.1 Å². The summed E-state index contributed by atoms with van der Waals surface area (Å²) in [7, 11) is 0. The van der Waals surface area contributed by atoms with Crippen LogP contribution in [0.3, 0.4) is 0 Å². The molecule has 1 amide bonds. The number of likely N-dealkylation sites (tertiary alicyclic amines) is 1. The lowest BCUT2D eigenvalue weighted by molar-refractivity contribution is -0.138. The second-order valence-electron chi connectivity index (χ2n) is 5.95. The van der Waals surface area contributed by atoms with Gasteiger partial charge in [0.05, 0.1) is 0 Å². The third-order valence-corrected chi connectivity index (χ3v) is 4.36. The summed E-state index contributed by atoms with van der Waals surface area (Å²) >= 11 is 0. The molecule has 6 heteroatoms. The van der Waals surface area contributed by atoms with E-state index < -0.39 is 17.6 Å². The van der Waals surface area contributed by atoms with Crippen LogP contribution in [0.25, 0.3) is 0 Å². The van der Waals surface area contributed by atoms with E-state index in [0.717, 1.165) is 43.4 Å². The van der Waals surface area contributed by atoms with Crippen molar-refractivity contribution in [3.8, 4) is 0 Å². The number of aryl methyl sites for hydroxylation is 2. The van der Waals surface area contributed by atoms with Crippen LogP contribution in [0.15, 0.2) is 10.9 Å². The molecule has 2 aliphatic rings. The molecule has 1 atom stereocenters. The third-order valence-electron chi connectivity index (χ3n) is 4.36. The van der Waals surface area contributed by atoms with Gasteiger partial charge < -0.3 is 14.6 Å². The molecule has 2 heterocycles. The van der Waals surface area contributed by atoms with Gasteiger partial charge in [0.1, 0.15) is 5.56 Å². The number of hydrogen-bond donors (Lipinski definition) is 1. The molecule has 6 nitrogen and oxygen atoms in total. The van der Waals surface area contributed by atoms with Crippen molar-refractivity contribution < 1.29 is 14.3 Å². The smallest absolute Gasteiger partial charge is 0.344 e. The number of nitrogens with one attached hydrogen (secondary N) is 1. The molecule has 0 saturated carbocycles. The first-order valence-corrected chi connectivity index (χ1v) is 7.81. The molecule has 1 aromatic heterocycles. The summed E-state index contributed by atoms with van der Waals surface area (Å²) in [4.78, 5) is 40.7. The van der Waals surface area contributed by atoms with E-state index in [2.05, 4.69) is 4.98 Å². The van der Waals surface area contributed by atoms with Gasteiger partial charge in [0, 0.05) is 18.8 Å². The highest BCUT2D eigenvalue weighted by atomic mass is 16.5. The summed E-state index contributed by atoms with van der Waals surface area (Å²) in [5, 5.41) is 0. The normalized spacial score (nSPS) is 18.1. The molecule has 118 valence electrons. The van der Waals surface area contributed by atoms with Gasteiger partial charge in [-0.2, -0.15) is 0 Å². The highest BCUT2D eigenvalue weighted by molar-refractivity contribution is 5.92. The predicted octanol–water partition coefficient (Wildman–Crippen LogP) is 1.03. The predicted molar refractivity (Wildman–Crippen MR) is 79.8 cm³/mol. The molecular weight excluding hydrogens is 284 g/mol. The SMILES string of the molecule is C[C@@H](OC(=O)c1cc2c([nH]c1=O)CCC2)C(=O)N1CCCC1. The van der Waals surface area contributed by atoms with Crippen molar-refractivity contribution in [1.82, 2.24) is 9.88 Å². The van der Waals surface area contributed by atoms with Crippen LogP contribution in [0, 0.1) is 0 Å². The fourth-order valence-electron chi connectivity index (χ4n) is 3.13. The second-order valence-corrected chi connectivity index (χ2v) is 5.95. The molecular formula is C16H20N2O4. The molecule has 0 aromatic carbocycles. The number of aromatic amines is 1. The van der Waals surface area contributed by atoms with Gasteiger partial charge in [0.2, 0.25) is 0 Å². The first-order chi connectivity index (χ1) is 10.6. The summed E-state index contributed by atoms with van der Waals surface area (Å²) in [6.45, 7) is 2.97. The van der Waals surface area contributed by atoms with E-state index in [1.165, 1.54) is 0 Å². The quantitative estimate of drug-likeness (QED) is 0.846. The van der Waals surface area contributed by atoms with Gasteiger partial charge in [-0.3, -0.25) is 9.59 Å². The van der Waals surface area contributed by atoms with Crippen LogP contribution < -0.4 is 5.56 Å². The van der Waals surface area contributed by atoms with Gasteiger partial charge in [-0.05, 0) is 50.7 Å². The molecule has 1 N–H and O–H groups in total. The third kappa shape index (κ3) is 2.77. The molecule has 3 rings (SSSR count). The lowest BCUT2D eigenvalue weighted by Gasteiger charge is -2.20. The van der Waals surface area contributed by atoms with Crippen molar-refractivity contribution in [2.24, 2.45) is 0 Å². The topological polar surface area (TPSA) is 79.5 Å². The second kappa shape index (κ2) is 5.94. The Kier molecular flexibility index (Phi) is 4.00. The molecule has 22 heavy (non-hydrogen) atoms. The van der Waals surface area contributed by atoms with E-state index in [9.17, 15) is 14.4 Å². The van der Waals surface area contributed by atoms with Crippen molar-refractivity contribution >= 4 is 11.9 Å². The fourth-order valence-corrected chi connectivity index (χ4v) is 3.13. The first kappa shape index (κ1) is 14.8. The number of aromatic nitrogens is 1. The van der Waals surface area contributed by atoms with E-state index in [1.54, 1.807) is 17.9 Å². The molecule has 0 spiro atoms. The van der Waals surface area contributed by atoms with Crippen LogP contribution in [0.1, 0.15) is 47.8 Å². The van der Waals surface area contributed by atoms with Crippen LogP contribution in [0.5, 0.6) is 0 Å². The van der Waals surface area contributed by atoms with Gasteiger partial charge >= 0.3 is 5.97 Å². The van der Waals surface area contributed by atoms with Gasteiger partial charge in [-0.1, -0.05) is 0 Å². The van der Waals surface area contributed by atoms with Crippen molar-refractivity contribution in [2.75, 3.05) is 13.1 Å². The van der Waals surface area contributed by atoms with Crippen molar-refractivity contribution in [1.29, 1.82) is 0 Å². The lowest BCUT2D eigenvalue weighted by atomic mass is 10.1. The van der Waals surface area contributed by atoms with Gasteiger partial charge in [0.15, 0.2) is 6.10 Å². The molecule has 1 aliphatic carbocycles. The number of hydrogen-bond acceptors (Lipinski definition) is 4. The Morgan fingerprint density at radius 1 is 1.23 bits per heavy atom. The maximum Gasteiger partial charge on any atom is 0.344 e. The first-order valence-electron chi connectivity index (χ1n) is 7.81. The van der Waals surface area contributed by atoms with Gasteiger partial charge in [-0.15, -0.1) is 0 Å². The Morgan fingerprint density at radius 3 is 2.68 bits per heavy atom. The number of rotatable bonds is 3. The standard InChI is InChI=1S/C16H20N2O4/c1-10(15(20)18-7-2-3-8-18)22-16(21)12-9-11-5-4-6-13(11)17-14(12)19/h9-10H,2-8H2,1H3,(H,17,19)/t10-/m1/s1. The van der Waals surface area contributed by atoms with Gasteiger partial charge in [-0.25, -0.2) is 4.79 Å². The number of carbonyl (C=O) groups is 2. The molecule has 1 fully saturated rings.